The number of alkyl halides is 3. The van der Waals surface area contributed by atoms with Gasteiger partial charge in [0.05, 0.1) is 16.9 Å². The number of aromatic carboxylic acids is 1. The standard InChI is InChI=1S/C19H20F3N3O3/c1-18(2,3)17(28)24-8-7-14-13(10-24)15(19(20,21)22)23-25(14)12-6-4-5-11(9-12)16(26)27/h4-6,9H,7-8,10H2,1-3H3,(H,26,27). The highest BCUT2D eigenvalue weighted by molar-refractivity contribution is 5.88. The van der Waals surface area contributed by atoms with Gasteiger partial charge >= 0.3 is 12.1 Å². The van der Waals surface area contributed by atoms with E-state index < -0.39 is 23.3 Å². The largest absolute Gasteiger partial charge is 0.478 e. The Kier molecular flexibility index (Phi) is 4.73. The second-order valence-electron chi connectivity index (χ2n) is 7.77. The predicted molar refractivity (Wildman–Crippen MR) is 94.1 cm³/mol. The number of carbonyl (C=O) groups is 2. The van der Waals surface area contributed by atoms with Crippen molar-refractivity contribution in [3.8, 4) is 5.69 Å². The third-order valence-electron chi connectivity index (χ3n) is 4.59. The number of aromatic nitrogens is 2. The molecule has 0 radical (unpaired) electrons. The molecule has 150 valence electrons. The number of fused-ring (bicyclic) bond motifs is 1. The summed E-state index contributed by atoms with van der Waals surface area (Å²) in [6.45, 7) is 5.24. The van der Waals surface area contributed by atoms with Crippen LogP contribution >= 0.6 is 0 Å². The molecule has 0 spiro atoms. The quantitative estimate of drug-likeness (QED) is 0.844. The van der Waals surface area contributed by atoms with Gasteiger partial charge in [0.2, 0.25) is 5.91 Å². The SMILES string of the molecule is CC(C)(C)C(=O)N1CCc2c(c(C(F)(F)F)nn2-c2cccc(C(=O)O)c2)C1. The van der Waals surface area contributed by atoms with Crippen molar-refractivity contribution in [3.63, 3.8) is 0 Å². The molecule has 2 heterocycles. The first-order valence-corrected chi connectivity index (χ1v) is 8.70. The molecule has 0 saturated heterocycles. The molecule has 28 heavy (non-hydrogen) atoms. The van der Waals surface area contributed by atoms with Crippen molar-refractivity contribution in [2.24, 2.45) is 5.41 Å². The molecular weight excluding hydrogens is 375 g/mol. The van der Waals surface area contributed by atoms with Crippen LogP contribution in [0.4, 0.5) is 13.2 Å². The summed E-state index contributed by atoms with van der Waals surface area (Å²) in [7, 11) is 0. The number of carbonyl (C=O) groups excluding carboxylic acids is 1. The predicted octanol–water partition coefficient (Wildman–Crippen LogP) is 3.52. The van der Waals surface area contributed by atoms with Gasteiger partial charge in [-0.15, -0.1) is 0 Å². The van der Waals surface area contributed by atoms with E-state index in [1.54, 1.807) is 20.8 Å². The zero-order chi connectivity index (χ0) is 20.9. The fourth-order valence-electron chi connectivity index (χ4n) is 3.28. The van der Waals surface area contributed by atoms with Crippen LogP contribution in [0, 0.1) is 5.41 Å². The van der Waals surface area contributed by atoms with Crippen molar-refractivity contribution in [2.75, 3.05) is 6.54 Å². The number of carboxylic acids is 1. The summed E-state index contributed by atoms with van der Waals surface area (Å²) in [4.78, 5) is 25.1. The Labute approximate surface area is 159 Å². The molecule has 0 fully saturated rings. The van der Waals surface area contributed by atoms with Gasteiger partial charge in [0.25, 0.3) is 0 Å². The second kappa shape index (κ2) is 6.65. The molecule has 1 N–H and O–H groups in total. The van der Waals surface area contributed by atoms with Crippen LogP contribution in [0.1, 0.15) is 48.1 Å². The normalized spacial score (nSPS) is 14.7. The van der Waals surface area contributed by atoms with Gasteiger partial charge < -0.3 is 10.0 Å². The van der Waals surface area contributed by atoms with E-state index in [1.165, 1.54) is 29.2 Å². The van der Waals surface area contributed by atoms with Gasteiger partial charge in [-0.1, -0.05) is 26.8 Å². The first-order valence-electron chi connectivity index (χ1n) is 8.70. The molecule has 3 rings (SSSR count). The summed E-state index contributed by atoms with van der Waals surface area (Å²) >= 11 is 0. The summed E-state index contributed by atoms with van der Waals surface area (Å²) in [5.74, 6) is -1.41. The smallest absolute Gasteiger partial charge is 0.435 e. The molecule has 1 aromatic carbocycles. The van der Waals surface area contributed by atoms with Crippen molar-refractivity contribution < 1.29 is 27.9 Å². The van der Waals surface area contributed by atoms with Gasteiger partial charge in [-0.2, -0.15) is 18.3 Å². The number of halogens is 3. The maximum absolute atomic E-state index is 13.6. The van der Waals surface area contributed by atoms with Crippen LogP contribution in [-0.4, -0.2) is 38.2 Å². The Morgan fingerprint density at radius 2 is 1.86 bits per heavy atom. The topological polar surface area (TPSA) is 75.4 Å². The highest BCUT2D eigenvalue weighted by Gasteiger charge is 2.42. The molecule has 0 saturated carbocycles. The van der Waals surface area contributed by atoms with E-state index in [-0.39, 0.29) is 42.2 Å². The summed E-state index contributed by atoms with van der Waals surface area (Å²) in [5, 5.41) is 12.9. The minimum absolute atomic E-state index is 0.0444. The average molecular weight is 395 g/mol. The van der Waals surface area contributed by atoms with Crippen molar-refractivity contribution >= 4 is 11.9 Å². The molecule has 0 bridgehead atoms. The summed E-state index contributed by atoms with van der Waals surface area (Å²) in [5.41, 5.74) is -1.26. The molecule has 6 nitrogen and oxygen atoms in total. The minimum Gasteiger partial charge on any atom is -0.478 e. The van der Waals surface area contributed by atoms with E-state index in [1.807, 2.05) is 0 Å². The van der Waals surface area contributed by atoms with Crippen molar-refractivity contribution in [1.29, 1.82) is 0 Å². The van der Waals surface area contributed by atoms with Crippen LogP contribution < -0.4 is 0 Å². The lowest BCUT2D eigenvalue weighted by atomic mass is 9.93. The van der Waals surface area contributed by atoms with Crippen LogP contribution in [0.3, 0.4) is 0 Å². The Balaban J connectivity index is 2.10. The Morgan fingerprint density at radius 1 is 1.18 bits per heavy atom. The lowest BCUT2D eigenvalue weighted by Crippen LogP contribution is -2.42. The van der Waals surface area contributed by atoms with Crippen LogP contribution in [0.5, 0.6) is 0 Å². The fourth-order valence-corrected chi connectivity index (χ4v) is 3.28. The van der Waals surface area contributed by atoms with Crippen LogP contribution in [0.25, 0.3) is 5.69 Å². The van der Waals surface area contributed by atoms with Crippen molar-refractivity contribution in [3.05, 3.63) is 46.8 Å². The maximum atomic E-state index is 13.6. The zero-order valence-electron chi connectivity index (χ0n) is 15.7. The number of benzene rings is 1. The van der Waals surface area contributed by atoms with Gasteiger partial charge in [0, 0.05) is 30.5 Å². The highest BCUT2D eigenvalue weighted by atomic mass is 19.4. The monoisotopic (exact) mass is 395 g/mol. The summed E-state index contributed by atoms with van der Waals surface area (Å²) in [6, 6.07) is 5.60. The van der Waals surface area contributed by atoms with E-state index in [0.717, 1.165) is 4.68 Å². The number of hydrogen-bond acceptors (Lipinski definition) is 3. The molecule has 2 aromatic rings. The second-order valence-corrected chi connectivity index (χ2v) is 7.77. The number of nitrogens with zero attached hydrogens (tertiary/aromatic N) is 3. The molecule has 0 atom stereocenters. The van der Waals surface area contributed by atoms with Gasteiger partial charge in [0.15, 0.2) is 5.69 Å². The third-order valence-corrected chi connectivity index (χ3v) is 4.59. The molecular formula is C19H20F3N3O3. The van der Waals surface area contributed by atoms with Gasteiger partial charge in [0.1, 0.15) is 0 Å². The Hall–Kier alpha value is -2.84. The van der Waals surface area contributed by atoms with Gasteiger partial charge in [-0.05, 0) is 18.2 Å². The maximum Gasteiger partial charge on any atom is 0.435 e. The molecule has 1 aliphatic rings. The molecule has 1 aliphatic heterocycles. The molecule has 0 aliphatic carbocycles. The van der Waals surface area contributed by atoms with E-state index in [9.17, 15) is 22.8 Å². The van der Waals surface area contributed by atoms with Crippen LogP contribution in [-0.2, 0) is 23.9 Å². The average Bonchev–Trinajstić information content (AvgIpc) is 2.99. The van der Waals surface area contributed by atoms with E-state index in [2.05, 4.69) is 5.10 Å². The fraction of sp³-hybridized carbons (Fsp3) is 0.421. The van der Waals surface area contributed by atoms with Gasteiger partial charge in [-0.3, -0.25) is 4.79 Å². The first kappa shape index (κ1) is 19.9. The molecule has 1 amide bonds. The Morgan fingerprint density at radius 3 is 2.43 bits per heavy atom. The van der Waals surface area contributed by atoms with Crippen LogP contribution in [0.15, 0.2) is 24.3 Å². The minimum atomic E-state index is -4.69. The highest BCUT2D eigenvalue weighted by Crippen LogP contribution is 2.37. The van der Waals surface area contributed by atoms with Crippen molar-refractivity contribution in [2.45, 2.75) is 39.9 Å². The zero-order valence-corrected chi connectivity index (χ0v) is 15.7. The first-order chi connectivity index (χ1) is 12.9. The van der Waals surface area contributed by atoms with Gasteiger partial charge in [-0.25, -0.2) is 9.48 Å². The van der Waals surface area contributed by atoms with E-state index in [0.29, 0.717) is 5.69 Å². The third kappa shape index (κ3) is 3.61. The lowest BCUT2D eigenvalue weighted by molar-refractivity contribution is -0.145. The Bertz CT molecular complexity index is 942. The van der Waals surface area contributed by atoms with E-state index >= 15 is 0 Å². The summed E-state index contributed by atoms with van der Waals surface area (Å²) in [6.07, 6.45) is -4.49. The molecule has 1 aromatic heterocycles. The number of amides is 1. The molecule has 9 heteroatoms. The van der Waals surface area contributed by atoms with Crippen molar-refractivity contribution in [1.82, 2.24) is 14.7 Å². The summed E-state index contributed by atoms with van der Waals surface area (Å²) < 4.78 is 41.9. The van der Waals surface area contributed by atoms with Crippen LogP contribution in [0.2, 0.25) is 0 Å². The number of rotatable bonds is 2. The lowest BCUT2D eigenvalue weighted by Gasteiger charge is -2.33. The number of carboxylic acid groups (broad SMARTS) is 1. The number of hydrogen-bond donors (Lipinski definition) is 1. The van der Waals surface area contributed by atoms with E-state index in [4.69, 9.17) is 5.11 Å². The molecule has 0 unspecified atom stereocenters.